The Kier molecular flexibility index (Phi) is 6.21. The molecule has 150 valence electrons. The number of hydrogen-bond acceptors (Lipinski definition) is 5. The second kappa shape index (κ2) is 9.01. The molecule has 29 heavy (non-hydrogen) atoms. The Morgan fingerprint density at radius 2 is 1.72 bits per heavy atom. The van der Waals surface area contributed by atoms with Crippen LogP contribution in [0.4, 0.5) is 17.2 Å². The summed E-state index contributed by atoms with van der Waals surface area (Å²) in [6, 6.07) is 17.1. The lowest BCUT2D eigenvalue weighted by molar-refractivity contribution is 0.282. The summed E-state index contributed by atoms with van der Waals surface area (Å²) in [6.45, 7) is 3.75. The smallest absolute Gasteiger partial charge is 0.131 e. The number of aliphatic hydroxyl groups is 1. The number of aliphatic hydroxyl groups excluding tert-OH is 1. The van der Waals surface area contributed by atoms with Gasteiger partial charge in [0.25, 0.3) is 0 Å². The highest BCUT2D eigenvalue weighted by Gasteiger charge is 2.15. The van der Waals surface area contributed by atoms with Gasteiger partial charge in [-0.25, -0.2) is 4.98 Å². The molecule has 1 fully saturated rings. The SMILES string of the molecule is OCc1cc(Nc2cccc(-c3c(Cl)cccc3Cl)n2)ccc1N1CCNCC1. The molecule has 0 atom stereocenters. The van der Waals surface area contributed by atoms with E-state index in [-0.39, 0.29) is 6.61 Å². The lowest BCUT2D eigenvalue weighted by Gasteiger charge is -2.31. The van der Waals surface area contributed by atoms with Crippen molar-refractivity contribution in [3.63, 3.8) is 0 Å². The van der Waals surface area contributed by atoms with Crippen molar-refractivity contribution in [2.45, 2.75) is 6.61 Å². The van der Waals surface area contributed by atoms with E-state index >= 15 is 0 Å². The molecule has 0 saturated carbocycles. The van der Waals surface area contributed by atoms with Crippen molar-refractivity contribution in [1.29, 1.82) is 0 Å². The average Bonchev–Trinajstić information content (AvgIpc) is 2.74. The first-order valence-corrected chi connectivity index (χ1v) is 10.3. The van der Waals surface area contributed by atoms with Gasteiger partial charge in [0.15, 0.2) is 0 Å². The van der Waals surface area contributed by atoms with Gasteiger partial charge >= 0.3 is 0 Å². The molecule has 7 heteroatoms. The Morgan fingerprint density at radius 3 is 2.45 bits per heavy atom. The number of piperazine rings is 1. The first-order chi connectivity index (χ1) is 14.2. The van der Waals surface area contributed by atoms with Crippen LogP contribution in [0.3, 0.4) is 0 Å². The van der Waals surface area contributed by atoms with E-state index in [0.29, 0.717) is 27.1 Å². The monoisotopic (exact) mass is 428 g/mol. The topological polar surface area (TPSA) is 60.4 Å². The molecular weight excluding hydrogens is 407 g/mol. The van der Waals surface area contributed by atoms with Crippen molar-refractivity contribution in [2.75, 3.05) is 36.4 Å². The van der Waals surface area contributed by atoms with Gasteiger partial charge in [-0.15, -0.1) is 0 Å². The molecule has 0 bridgehead atoms. The van der Waals surface area contributed by atoms with Crippen molar-refractivity contribution >= 4 is 40.4 Å². The molecule has 0 aliphatic carbocycles. The molecule has 0 spiro atoms. The standard InChI is InChI=1S/C22H22Cl2N4O/c23-17-3-1-4-18(24)22(17)19-5-2-6-21(27-19)26-16-7-8-20(15(13-16)14-29)28-11-9-25-10-12-28/h1-8,13,25,29H,9-12,14H2,(H,26,27). The van der Waals surface area contributed by atoms with E-state index in [4.69, 9.17) is 23.2 Å². The molecule has 0 unspecified atom stereocenters. The van der Waals surface area contributed by atoms with E-state index in [1.165, 1.54) is 0 Å². The maximum absolute atomic E-state index is 9.88. The normalized spacial score (nSPS) is 14.1. The van der Waals surface area contributed by atoms with Gasteiger partial charge < -0.3 is 20.6 Å². The zero-order valence-electron chi connectivity index (χ0n) is 15.8. The molecule has 1 aromatic heterocycles. The van der Waals surface area contributed by atoms with Gasteiger partial charge in [-0.1, -0.05) is 35.3 Å². The fourth-order valence-corrected chi connectivity index (χ4v) is 4.13. The van der Waals surface area contributed by atoms with E-state index in [1.807, 2.05) is 42.5 Å². The average molecular weight is 429 g/mol. The minimum absolute atomic E-state index is 0.0164. The summed E-state index contributed by atoms with van der Waals surface area (Å²) in [5, 5.41) is 17.7. The van der Waals surface area contributed by atoms with E-state index < -0.39 is 0 Å². The Hall–Kier alpha value is -2.31. The Balaban J connectivity index is 1.60. The Morgan fingerprint density at radius 1 is 1.00 bits per heavy atom. The summed E-state index contributed by atoms with van der Waals surface area (Å²) in [5.41, 5.74) is 4.24. The molecule has 0 radical (unpaired) electrons. The van der Waals surface area contributed by atoms with Crippen LogP contribution < -0.4 is 15.5 Å². The quantitative estimate of drug-likeness (QED) is 0.549. The summed E-state index contributed by atoms with van der Waals surface area (Å²) in [6.07, 6.45) is 0. The zero-order valence-corrected chi connectivity index (χ0v) is 17.3. The number of anilines is 3. The summed E-state index contributed by atoms with van der Waals surface area (Å²) >= 11 is 12.7. The van der Waals surface area contributed by atoms with Gasteiger partial charge in [0.05, 0.1) is 22.3 Å². The highest BCUT2D eigenvalue weighted by molar-refractivity contribution is 6.39. The van der Waals surface area contributed by atoms with Crippen molar-refractivity contribution in [3.05, 3.63) is 70.2 Å². The van der Waals surface area contributed by atoms with Crippen molar-refractivity contribution < 1.29 is 5.11 Å². The predicted octanol–water partition coefficient (Wildman–Crippen LogP) is 4.70. The van der Waals surface area contributed by atoms with Crippen LogP contribution in [0.5, 0.6) is 0 Å². The first-order valence-electron chi connectivity index (χ1n) is 9.53. The van der Waals surface area contributed by atoms with E-state index in [2.05, 4.69) is 20.5 Å². The van der Waals surface area contributed by atoms with Gasteiger partial charge in [0, 0.05) is 48.7 Å². The van der Waals surface area contributed by atoms with Crippen LogP contribution in [0.15, 0.2) is 54.6 Å². The van der Waals surface area contributed by atoms with Crippen LogP contribution in [0.1, 0.15) is 5.56 Å². The van der Waals surface area contributed by atoms with Gasteiger partial charge in [0.1, 0.15) is 5.82 Å². The molecule has 3 aromatic rings. The number of pyridine rings is 1. The Bertz CT molecular complexity index is 986. The number of nitrogens with one attached hydrogen (secondary N) is 2. The van der Waals surface area contributed by atoms with Crippen LogP contribution >= 0.6 is 23.2 Å². The minimum atomic E-state index is -0.0164. The molecule has 1 saturated heterocycles. The van der Waals surface area contributed by atoms with Gasteiger partial charge in [-0.3, -0.25) is 0 Å². The van der Waals surface area contributed by atoms with Crippen molar-refractivity contribution in [3.8, 4) is 11.3 Å². The Labute approximate surface area is 180 Å². The summed E-state index contributed by atoms with van der Waals surface area (Å²) in [5.74, 6) is 0.678. The largest absolute Gasteiger partial charge is 0.392 e. The van der Waals surface area contributed by atoms with Crippen molar-refractivity contribution in [1.82, 2.24) is 10.3 Å². The van der Waals surface area contributed by atoms with Crippen LogP contribution in [-0.4, -0.2) is 36.3 Å². The second-order valence-electron chi connectivity index (χ2n) is 6.87. The molecule has 3 N–H and O–H groups in total. The van der Waals surface area contributed by atoms with E-state index in [9.17, 15) is 5.11 Å². The summed E-state index contributed by atoms with van der Waals surface area (Å²) in [7, 11) is 0. The number of nitrogens with zero attached hydrogens (tertiary/aromatic N) is 2. The number of aromatic nitrogens is 1. The third-order valence-electron chi connectivity index (χ3n) is 4.95. The number of benzene rings is 2. The summed E-state index contributed by atoms with van der Waals surface area (Å²) < 4.78 is 0. The fraction of sp³-hybridized carbons (Fsp3) is 0.227. The van der Waals surface area contributed by atoms with Crippen LogP contribution in [0, 0.1) is 0 Å². The summed E-state index contributed by atoms with van der Waals surface area (Å²) in [4.78, 5) is 6.96. The minimum Gasteiger partial charge on any atom is -0.392 e. The third kappa shape index (κ3) is 4.49. The molecule has 4 rings (SSSR count). The molecule has 1 aliphatic rings. The number of hydrogen-bond donors (Lipinski definition) is 3. The van der Waals surface area contributed by atoms with Crippen LogP contribution in [0.2, 0.25) is 10.0 Å². The van der Waals surface area contributed by atoms with Crippen molar-refractivity contribution in [2.24, 2.45) is 0 Å². The molecule has 1 aliphatic heterocycles. The first kappa shape index (κ1) is 20.0. The highest BCUT2D eigenvalue weighted by atomic mass is 35.5. The van der Waals surface area contributed by atoms with Crippen LogP contribution in [-0.2, 0) is 6.61 Å². The van der Waals surface area contributed by atoms with E-state index in [1.54, 1.807) is 12.1 Å². The van der Waals surface area contributed by atoms with Gasteiger partial charge in [-0.05, 0) is 42.5 Å². The maximum Gasteiger partial charge on any atom is 0.131 e. The predicted molar refractivity (Wildman–Crippen MR) is 120 cm³/mol. The molecular formula is C22H22Cl2N4O. The number of halogens is 2. The highest BCUT2D eigenvalue weighted by Crippen LogP contribution is 2.34. The maximum atomic E-state index is 9.88. The molecule has 2 heterocycles. The van der Waals surface area contributed by atoms with Crippen LogP contribution in [0.25, 0.3) is 11.3 Å². The molecule has 5 nitrogen and oxygen atoms in total. The van der Waals surface area contributed by atoms with Gasteiger partial charge in [0.2, 0.25) is 0 Å². The number of rotatable bonds is 5. The third-order valence-corrected chi connectivity index (χ3v) is 5.58. The second-order valence-corrected chi connectivity index (χ2v) is 7.68. The lowest BCUT2D eigenvalue weighted by atomic mass is 10.1. The fourth-order valence-electron chi connectivity index (χ4n) is 3.54. The van der Waals surface area contributed by atoms with E-state index in [0.717, 1.165) is 43.1 Å². The lowest BCUT2D eigenvalue weighted by Crippen LogP contribution is -2.43. The zero-order chi connectivity index (χ0) is 20.2. The molecule has 0 amide bonds. The van der Waals surface area contributed by atoms with Gasteiger partial charge in [-0.2, -0.15) is 0 Å². The molecule has 2 aromatic carbocycles.